The number of nitrogens with zero attached hydrogens (tertiary/aromatic N) is 6. The van der Waals surface area contributed by atoms with E-state index in [2.05, 4.69) is 20.1 Å². The van der Waals surface area contributed by atoms with Crippen molar-refractivity contribution in [3.05, 3.63) is 71.3 Å². The topological polar surface area (TPSA) is 70.7 Å². The van der Waals surface area contributed by atoms with Crippen molar-refractivity contribution < 1.29 is 22.3 Å². The van der Waals surface area contributed by atoms with Crippen LogP contribution in [0.15, 0.2) is 42.9 Å². The van der Waals surface area contributed by atoms with E-state index in [1.807, 2.05) is 13.1 Å². The molecule has 5 rings (SSSR count). The molecule has 4 aromatic rings. The number of aromatic nitrogens is 6. The molecule has 0 bridgehead atoms. The number of halogens is 4. The number of benzene rings is 1. The number of imidazole rings is 1. The molecule has 0 N–H and O–H groups in total. The van der Waals surface area contributed by atoms with E-state index in [4.69, 9.17) is 4.74 Å². The number of fused-ring (bicyclic) bond motifs is 1. The Morgan fingerprint density at radius 1 is 1.12 bits per heavy atom. The molecule has 1 aromatic carbocycles. The summed E-state index contributed by atoms with van der Waals surface area (Å²) in [5.74, 6) is -0.587. The van der Waals surface area contributed by atoms with Gasteiger partial charge in [0.2, 0.25) is 5.88 Å². The average molecular weight is 472 g/mol. The summed E-state index contributed by atoms with van der Waals surface area (Å²) in [6.07, 6.45) is -0.141. The van der Waals surface area contributed by atoms with Crippen LogP contribution in [-0.4, -0.2) is 36.4 Å². The van der Waals surface area contributed by atoms with Crippen LogP contribution in [0.1, 0.15) is 41.4 Å². The quantitative estimate of drug-likeness (QED) is 0.394. The molecule has 4 heterocycles. The predicted octanol–water partition coefficient (Wildman–Crippen LogP) is 4.93. The minimum Gasteiger partial charge on any atom is -0.479 e. The highest BCUT2D eigenvalue weighted by atomic mass is 19.4. The Morgan fingerprint density at radius 2 is 1.94 bits per heavy atom. The third kappa shape index (κ3) is 3.91. The van der Waals surface area contributed by atoms with Crippen LogP contribution in [0.2, 0.25) is 0 Å². The molecule has 176 valence electrons. The second-order valence-corrected chi connectivity index (χ2v) is 8.09. The zero-order valence-electron chi connectivity index (χ0n) is 18.3. The van der Waals surface area contributed by atoms with Crippen LogP contribution in [0.4, 0.5) is 17.6 Å². The summed E-state index contributed by atoms with van der Waals surface area (Å²) in [6, 6.07) is 6.29. The van der Waals surface area contributed by atoms with Gasteiger partial charge in [0.1, 0.15) is 23.0 Å². The number of rotatable bonds is 4. The predicted molar refractivity (Wildman–Crippen MR) is 114 cm³/mol. The molecule has 34 heavy (non-hydrogen) atoms. The summed E-state index contributed by atoms with van der Waals surface area (Å²) in [5.41, 5.74) is 0.933. The lowest BCUT2D eigenvalue weighted by Crippen LogP contribution is -2.21. The second-order valence-electron chi connectivity index (χ2n) is 8.09. The lowest BCUT2D eigenvalue weighted by atomic mass is 9.87. The smallest absolute Gasteiger partial charge is 0.416 e. The van der Waals surface area contributed by atoms with Crippen LogP contribution < -0.4 is 4.74 Å². The molecule has 11 heteroatoms. The first kappa shape index (κ1) is 22.1. The molecule has 0 fully saturated rings. The molecule has 0 aliphatic carbocycles. The second kappa shape index (κ2) is 8.23. The van der Waals surface area contributed by atoms with Gasteiger partial charge in [-0.05, 0) is 49.6 Å². The first-order valence-corrected chi connectivity index (χ1v) is 10.6. The maximum atomic E-state index is 13.7. The highest BCUT2D eigenvalue weighted by Gasteiger charge is 2.38. The van der Waals surface area contributed by atoms with Gasteiger partial charge in [0.25, 0.3) is 0 Å². The Labute approximate surface area is 192 Å². The monoisotopic (exact) mass is 472 g/mol. The highest BCUT2D eigenvalue weighted by Crippen LogP contribution is 2.41. The zero-order valence-corrected chi connectivity index (χ0v) is 18.3. The normalized spacial score (nSPS) is 15.9. The molecule has 0 radical (unpaired) electrons. The third-order valence-corrected chi connectivity index (χ3v) is 5.82. The minimum atomic E-state index is -4.68. The van der Waals surface area contributed by atoms with E-state index in [9.17, 15) is 17.6 Å². The van der Waals surface area contributed by atoms with Crippen molar-refractivity contribution in [3.8, 4) is 23.1 Å². The van der Waals surface area contributed by atoms with Crippen molar-refractivity contribution in [1.29, 1.82) is 0 Å². The van der Waals surface area contributed by atoms with Gasteiger partial charge in [-0.25, -0.2) is 24.0 Å². The minimum absolute atomic E-state index is 0.00911. The van der Waals surface area contributed by atoms with Gasteiger partial charge < -0.3 is 9.30 Å². The summed E-state index contributed by atoms with van der Waals surface area (Å²) in [6.45, 7) is 2.39. The fraction of sp³-hybridized carbons (Fsp3) is 0.304. The van der Waals surface area contributed by atoms with E-state index in [-0.39, 0.29) is 11.4 Å². The Balaban J connectivity index is 1.55. The lowest BCUT2D eigenvalue weighted by Gasteiger charge is -2.25. The van der Waals surface area contributed by atoms with Crippen LogP contribution in [-0.2, 0) is 12.7 Å². The van der Waals surface area contributed by atoms with Crippen molar-refractivity contribution in [2.75, 3.05) is 7.11 Å². The van der Waals surface area contributed by atoms with Gasteiger partial charge in [-0.1, -0.05) is 6.07 Å². The van der Waals surface area contributed by atoms with E-state index in [0.717, 1.165) is 11.8 Å². The molecule has 0 unspecified atom stereocenters. The molecule has 0 spiro atoms. The first-order valence-electron chi connectivity index (χ1n) is 10.6. The summed E-state index contributed by atoms with van der Waals surface area (Å²) in [4.78, 5) is 13.3. The molecule has 0 amide bonds. The van der Waals surface area contributed by atoms with Crippen molar-refractivity contribution in [3.63, 3.8) is 0 Å². The Bertz CT molecular complexity index is 1360. The lowest BCUT2D eigenvalue weighted by molar-refractivity contribution is -0.138. The summed E-state index contributed by atoms with van der Waals surface area (Å²) in [5, 5.41) is 4.50. The summed E-state index contributed by atoms with van der Waals surface area (Å²) < 4.78 is 63.4. The maximum Gasteiger partial charge on any atom is 0.416 e. The van der Waals surface area contributed by atoms with Gasteiger partial charge >= 0.3 is 6.18 Å². The van der Waals surface area contributed by atoms with Crippen molar-refractivity contribution in [2.45, 2.75) is 38.4 Å². The summed E-state index contributed by atoms with van der Waals surface area (Å²) >= 11 is 0. The fourth-order valence-corrected chi connectivity index (χ4v) is 4.29. The maximum absolute atomic E-state index is 13.7. The van der Waals surface area contributed by atoms with Gasteiger partial charge in [0.15, 0.2) is 5.82 Å². The summed E-state index contributed by atoms with van der Waals surface area (Å²) in [7, 11) is 1.49. The van der Waals surface area contributed by atoms with Crippen molar-refractivity contribution >= 4 is 0 Å². The molecule has 0 saturated heterocycles. The SMILES string of the molecule is COc1nc(-c2nc3n(n2)CCC[C@@H]3c2ccc(F)cc2C(F)(F)F)ccc1-n1cnc(C)c1. The molecular formula is C23H20F4N6O. The van der Waals surface area contributed by atoms with Gasteiger partial charge in [0, 0.05) is 18.7 Å². The van der Waals surface area contributed by atoms with Crippen LogP contribution in [0, 0.1) is 12.7 Å². The number of hydrogen-bond acceptors (Lipinski definition) is 5. The molecule has 0 saturated carbocycles. The molecule has 1 aliphatic rings. The number of pyridine rings is 1. The number of alkyl halides is 3. The van der Waals surface area contributed by atoms with Gasteiger partial charge in [-0.15, -0.1) is 5.10 Å². The van der Waals surface area contributed by atoms with E-state index in [1.165, 1.54) is 13.2 Å². The Morgan fingerprint density at radius 3 is 2.65 bits per heavy atom. The number of methoxy groups -OCH3 is 1. The molecule has 7 nitrogen and oxygen atoms in total. The van der Waals surface area contributed by atoms with Crippen molar-refractivity contribution in [2.24, 2.45) is 0 Å². The van der Waals surface area contributed by atoms with Crippen LogP contribution in [0.3, 0.4) is 0 Å². The standard InChI is InChI=1S/C23H20F4N6O/c1-13-11-32(12-28-13)19-8-7-18(29-22(19)34-2)20-30-21-16(4-3-9-33(21)31-20)15-6-5-14(24)10-17(15)23(25,26)27/h5-8,10-12,16H,3-4,9H2,1-2H3/t16-/m1/s1. The third-order valence-electron chi connectivity index (χ3n) is 5.82. The van der Waals surface area contributed by atoms with E-state index < -0.39 is 23.5 Å². The Hall–Kier alpha value is -3.76. The zero-order chi connectivity index (χ0) is 24.0. The van der Waals surface area contributed by atoms with Gasteiger partial charge in [0.05, 0.1) is 24.7 Å². The van der Waals surface area contributed by atoms with E-state index >= 15 is 0 Å². The van der Waals surface area contributed by atoms with Crippen LogP contribution >= 0.6 is 0 Å². The van der Waals surface area contributed by atoms with Crippen LogP contribution in [0.5, 0.6) is 5.88 Å². The first-order chi connectivity index (χ1) is 16.2. The van der Waals surface area contributed by atoms with E-state index in [0.29, 0.717) is 48.5 Å². The number of ether oxygens (including phenoxy) is 1. The van der Waals surface area contributed by atoms with Gasteiger partial charge in [-0.3, -0.25) is 0 Å². The van der Waals surface area contributed by atoms with Crippen molar-refractivity contribution in [1.82, 2.24) is 29.3 Å². The fourth-order valence-electron chi connectivity index (χ4n) is 4.29. The number of aryl methyl sites for hydroxylation is 2. The van der Waals surface area contributed by atoms with Gasteiger partial charge in [-0.2, -0.15) is 13.2 Å². The average Bonchev–Trinajstić information content (AvgIpc) is 3.44. The molecule has 3 aromatic heterocycles. The van der Waals surface area contributed by atoms with E-state index in [1.54, 1.807) is 27.7 Å². The largest absolute Gasteiger partial charge is 0.479 e. The molecule has 1 atom stereocenters. The highest BCUT2D eigenvalue weighted by molar-refractivity contribution is 5.55. The Kier molecular flexibility index (Phi) is 5.34. The van der Waals surface area contributed by atoms with Crippen LogP contribution in [0.25, 0.3) is 17.2 Å². The molecular weight excluding hydrogens is 452 g/mol. The number of hydrogen-bond donors (Lipinski definition) is 0. The molecule has 1 aliphatic heterocycles.